The van der Waals surface area contributed by atoms with E-state index in [4.69, 9.17) is 10.5 Å². The van der Waals surface area contributed by atoms with Crippen LogP contribution in [0.5, 0.6) is 0 Å². The summed E-state index contributed by atoms with van der Waals surface area (Å²) in [5, 5.41) is 3.13. The van der Waals surface area contributed by atoms with E-state index in [-0.39, 0.29) is 30.0 Å². The summed E-state index contributed by atoms with van der Waals surface area (Å²) in [5.41, 5.74) is 5.94. The van der Waals surface area contributed by atoms with Gasteiger partial charge in [-0.2, -0.15) is 0 Å². The summed E-state index contributed by atoms with van der Waals surface area (Å²) in [5.74, 6) is 0.719. The van der Waals surface area contributed by atoms with Crippen molar-refractivity contribution in [3.05, 3.63) is 0 Å². The fourth-order valence-corrected chi connectivity index (χ4v) is 3.25. The monoisotopic (exact) mass is 254 g/mol. The number of amides is 1. The Morgan fingerprint density at radius 1 is 1.39 bits per heavy atom. The largest absolute Gasteiger partial charge is 0.376 e. The average Bonchev–Trinajstić information content (AvgIpc) is 2.81. The summed E-state index contributed by atoms with van der Waals surface area (Å²) in [4.78, 5) is 12.3. The van der Waals surface area contributed by atoms with Gasteiger partial charge in [0.1, 0.15) is 0 Å². The molecule has 1 aliphatic heterocycles. The van der Waals surface area contributed by atoms with Gasteiger partial charge in [0.15, 0.2) is 0 Å². The van der Waals surface area contributed by atoms with Crippen molar-refractivity contribution in [2.75, 3.05) is 6.61 Å². The zero-order valence-corrected chi connectivity index (χ0v) is 11.5. The number of hydrogen-bond donors (Lipinski definition) is 2. The quantitative estimate of drug-likeness (QED) is 0.801. The lowest BCUT2D eigenvalue weighted by Crippen LogP contribution is -2.47. The molecule has 1 saturated carbocycles. The van der Waals surface area contributed by atoms with Gasteiger partial charge in [-0.15, -0.1) is 0 Å². The minimum absolute atomic E-state index is 0.128. The third-order valence-corrected chi connectivity index (χ3v) is 4.44. The van der Waals surface area contributed by atoms with Gasteiger partial charge in [0.05, 0.1) is 12.1 Å². The van der Waals surface area contributed by atoms with Crippen LogP contribution in [0.4, 0.5) is 0 Å². The molecule has 1 heterocycles. The van der Waals surface area contributed by atoms with Crippen molar-refractivity contribution in [2.24, 2.45) is 17.6 Å². The fourth-order valence-electron chi connectivity index (χ4n) is 3.25. The van der Waals surface area contributed by atoms with E-state index in [9.17, 15) is 4.79 Å². The topological polar surface area (TPSA) is 64.4 Å². The zero-order valence-electron chi connectivity index (χ0n) is 11.5. The Kier molecular flexibility index (Phi) is 4.62. The zero-order chi connectivity index (χ0) is 13.1. The highest BCUT2D eigenvalue weighted by atomic mass is 16.5. The van der Waals surface area contributed by atoms with Crippen LogP contribution in [0.2, 0.25) is 0 Å². The number of nitrogens with two attached hydrogens (primary N) is 1. The lowest BCUT2D eigenvalue weighted by atomic mass is 9.77. The van der Waals surface area contributed by atoms with Crippen molar-refractivity contribution in [2.45, 2.75) is 64.1 Å². The van der Waals surface area contributed by atoms with E-state index in [0.717, 1.165) is 38.7 Å². The van der Waals surface area contributed by atoms with Gasteiger partial charge >= 0.3 is 0 Å². The van der Waals surface area contributed by atoms with E-state index in [2.05, 4.69) is 12.2 Å². The van der Waals surface area contributed by atoms with Crippen LogP contribution < -0.4 is 11.1 Å². The van der Waals surface area contributed by atoms with Crippen LogP contribution in [-0.2, 0) is 9.53 Å². The lowest BCUT2D eigenvalue weighted by molar-refractivity contribution is -0.129. The number of ether oxygens (including phenoxy) is 1. The number of rotatable bonds is 3. The summed E-state index contributed by atoms with van der Waals surface area (Å²) < 4.78 is 5.61. The smallest absolute Gasteiger partial charge is 0.223 e. The summed E-state index contributed by atoms with van der Waals surface area (Å²) in [6.07, 6.45) is 5.23. The molecule has 4 heteroatoms. The van der Waals surface area contributed by atoms with E-state index in [1.54, 1.807) is 0 Å². The van der Waals surface area contributed by atoms with Gasteiger partial charge in [0.25, 0.3) is 0 Å². The molecule has 2 fully saturated rings. The fraction of sp³-hybridized carbons (Fsp3) is 0.929. The molecule has 0 aromatic heterocycles. The summed E-state index contributed by atoms with van der Waals surface area (Å²) in [6.45, 7) is 5.02. The van der Waals surface area contributed by atoms with Gasteiger partial charge in [0.2, 0.25) is 5.91 Å². The molecule has 0 spiro atoms. The Hall–Kier alpha value is -0.610. The maximum Gasteiger partial charge on any atom is 0.223 e. The first-order chi connectivity index (χ1) is 8.58. The number of nitrogens with one attached hydrogen (secondary N) is 1. The second-order valence-corrected chi connectivity index (χ2v) is 6.01. The average molecular weight is 254 g/mol. The molecule has 1 amide bonds. The number of carbonyl (C=O) groups excluding carboxylic acids is 1. The Balaban J connectivity index is 1.83. The molecule has 5 unspecified atom stereocenters. The van der Waals surface area contributed by atoms with Gasteiger partial charge in [-0.3, -0.25) is 4.79 Å². The molecule has 0 bridgehead atoms. The van der Waals surface area contributed by atoms with Crippen LogP contribution in [0.3, 0.4) is 0 Å². The molecular weight excluding hydrogens is 228 g/mol. The Labute approximate surface area is 110 Å². The number of hydrogen-bond acceptors (Lipinski definition) is 3. The van der Waals surface area contributed by atoms with E-state index in [1.165, 1.54) is 0 Å². The van der Waals surface area contributed by atoms with Crippen molar-refractivity contribution < 1.29 is 9.53 Å². The van der Waals surface area contributed by atoms with Crippen molar-refractivity contribution in [3.63, 3.8) is 0 Å². The molecule has 4 nitrogen and oxygen atoms in total. The second kappa shape index (κ2) is 6.02. The summed E-state index contributed by atoms with van der Waals surface area (Å²) >= 11 is 0. The molecule has 0 radical (unpaired) electrons. The first kappa shape index (κ1) is 13.8. The Bertz CT molecular complexity index is 290. The molecule has 0 aromatic carbocycles. The molecule has 18 heavy (non-hydrogen) atoms. The van der Waals surface area contributed by atoms with Crippen LogP contribution in [0.15, 0.2) is 0 Å². The van der Waals surface area contributed by atoms with E-state index in [0.29, 0.717) is 5.92 Å². The van der Waals surface area contributed by atoms with Crippen LogP contribution in [-0.4, -0.2) is 30.7 Å². The SMILES string of the molecule is CC1CC(N)CCC1C(=O)NC(C)C1CCCO1. The van der Waals surface area contributed by atoms with Gasteiger partial charge in [-0.05, 0) is 44.9 Å². The standard InChI is InChI=1S/C14H26N2O2/c1-9-8-11(15)5-6-12(9)14(17)16-10(2)13-4-3-7-18-13/h9-13H,3-8,15H2,1-2H3,(H,16,17). The van der Waals surface area contributed by atoms with Crippen molar-refractivity contribution >= 4 is 5.91 Å². The molecule has 1 aliphatic carbocycles. The molecule has 104 valence electrons. The van der Waals surface area contributed by atoms with Gasteiger partial charge in [-0.1, -0.05) is 6.92 Å². The summed E-state index contributed by atoms with van der Waals surface area (Å²) in [7, 11) is 0. The molecule has 5 atom stereocenters. The van der Waals surface area contributed by atoms with Crippen molar-refractivity contribution in [1.29, 1.82) is 0 Å². The maximum atomic E-state index is 12.3. The highest BCUT2D eigenvalue weighted by Gasteiger charge is 2.33. The van der Waals surface area contributed by atoms with Gasteiger partial charge in [-0.25, -0.2) is 0 Å². The molecule has 1 saturated heterocycles. The molecule has 2 aliphatic rings. The minimum atomic E-state index is 0.128. The molecular formula is C14H26N2O2. The second-order valence-electron chi connectivity index (χ2n) is 6.01. The maximum absolute atomic E-state index is 12.3. The highest BCUT2D eigenvalue weighted by molar-refractivity contribution is 5.79. The first-order valence-corrected chi connectivity index (χ1v) is 7.25. The Morgan fingerprint density at radius 3 is 2.78 bits per heavy atom. The van der Waals surface area contributed by atoms with Crippen LogP contribution in [0.1, 0.15) is 46.0 Å². The Morgan fingerprint density at radius 2 is 2.17 bits per heavy atom. The predicted molar refractivity (Wildman–Crippen MR) is 71.1 cm³/mol. The highest BCUT2D eigenvalue weighted by Crippen LogP contribution is 2.29. The minimum Gasteiger partial charge on any atom is -0.376 e. The molecule has 0 aromatic rings. The predicted octanol–water partition coefficient (Wildman–Crippen LogP) is 1.43. The molecule has 3 N–H and O–H groups in total. The lowest BCUT2D eigenvalue weighted by Gasteiger charge is -2.32. The van der Waals surface area contributed by atoms with Gasteiger partial charge in [0, 0.05) is 18.6 Å². The normalized spacial score (nSPS) is 38.4. The van der Waals surface area contributed by atoms with Crippen LogP contribution in [0, 0.1) is 11.8 Å². The summed E-state index contributed by atoms with van der Waals surface area (Å²) in [6, 6.07) is 0.405. The van der Waals surface area contributed by atoms with Crippen molar-refractivity contribution in [3.8, 4) is 0 Å². The van der Waals surface area contributed by atoms with Crippen LogP contribution >= 0.6 is 0 Å². The first-order valence-electron chi connectivity index (χ1n) is 7.25. The van der Waals surface area contributed by atoms with Crippen molar-refractivity contribution in [1.82, 2.24) is 5.32 Å². The van der Waals surface area contributed by atoms with E-state index >= 15 is 0 Å². The van der Waals surface area contributed by atoms with E-state index in [1.807, 2.05) is 6.92 Å². The third-order valence-electron chi connectivity index (χ3n) is 4.44. The van der Waals surface area contributed by atoms with Crippen LogP contribution in [0.25, 0.3) is 0 Å². The number of carbonyl (C=O) groups is 1. The van der Waals surface area contributed by atoms with Gasteiger partial charge < -0.3 is 15.8 Å². The third kappa shape index (κ3) is 3.23. The van der Waals surface area contributed by atoms with E-state index < -0.39 is 0 Å². The molecule has 2 rings (SSSR count).